The summed E-state index contributed by atoms with van der Waals surface area (Å²) in [5, 5.41) is 4.89. The second-order valence-corrected chi connectivity index (χ2v) is 7.10. The lowest BCUT2D eigenvalue weighted by Crippen LogP contribution is -2.18. The van der Waals surface area contributed by atoms with Gasteiger partial charge in [0, 0.05) is 15.4 Å². The van der Waals surface area contributed by atoms with E-state index in [1.165, 1.54) is 0 Å². The number of aromatic nitrogens is 1. The highest BCUT2D eigenvalue weighted by atomic mass is 79.9. The lowest BCUT2D eigenvalue weighted by atomic mass is 10.0. The molecule has 0 atom stereocenters. The van der Waals surface area contributed by atoms with E-state index in [1.54, 1.807) is 6.21 Å². The van der Waals surface area contributed by atoms with E-state index in [0.29, 0.717) is 5.56 Å². The number of carbonyl (C=O) groups excluding carboxylic acids is 1. The predicted molar refractivity (Wildman–Crippen MR) is 116 cm³/mol. The van der Waals surface area contributed by atoms with Crippen molar-refractivity contribution in [1.29, 1.82) is 0 Å². The number of carbonyl (C=O) groups is 1. The third kappa shape index (κ3) is 4.00. The summed E-state index contributed by atoms with van der Waals surface area (Å²) in [5.74, 6) is -0.274. The van der Waals surface area contributed by atoms with Gasteiger partial charge in [0.15, 0.2) is 0 Å². The van der Waals surface area contributed by atoms with Crippen molar-refractivity contribution < 1.29 is 4.79 Å². The Labute approximate surface area is 171 Å². The summed E-state index contributed by atoms with van der Waals surface area (Å²) in [6.45, 7) is 0. The summed E-state index contributed by atoms with van der Waals surface area (Å²) in [4.78, 5) is 17.5. The second kappa shape index (κ2) is 8.15. The molecule has 4 rings (SSSR count). The van der Waals surface area contributed by atoms with E-state index >= 15 is 0 Å². The van der Waals surface area contributed by atoms with Crippen molar-refractivity contribution in [2.75, 3.05) is 0 Å². The third-order valence-corrected chi connectivity index (χ3v) is 4.81. The Kier molecular flexibility index (Phi) is 5.26. The number of para-hydroxylation sites is 1. The number of fused-ring (bicyclic) bond motifs is 1. The van der Waals surface area contributed by atoms with Gasteiger partial charge in [0.1, 0.15) is 0 Å². The lowest BCUT2D eigenvalue weighted by molar-refractivity contribution is 0.0957. The van der Waals surface area contributed by atoms with Crippen LogP contribution in [0.5, 0.6) is 0 Å². The van der Waals surface area contributed by atoms with Gasteiger partial charge in [0.2, 0.25) is 0 Å². The fraction of sp³-hybridized carbons (Fsp3) is 0. The Bertz CT molecular complexity index is 1160. The Morgan fingerprint density at radius 3 is 2.43 bits per heavy atom. The maximum Gasteiger partial charge on any atom is 0.272 e. The SMILES string of the molecule is O=C(N/N=C/c1ccc(Br)cc1)c1cc(-c2ccccc2)nc2ccccc12. The van der Waals surface area contributed by atoms with Crippen LogP contribution in [-0.2, 0) is 0 Å². The number of hydrogen-bond donors (Lipinski definition) is 1. The quantitative estimate of drug-likeness (QED) is 0.347. The largest absolute Gasteiger partial charge is 0.272 e. The molecule has 1 aromatic heterocycles. The van der Waals surface area contributed by atoms with Gasteiger partial charge in [-0.2, -0.15) is 5.10 Å². The molecule has 1 amide bonds. The number of amides is 1. The van der Waals surface area contributed by atoms with E-state index < -0.39 is 0 Å². The van der Waals surface area contributed by atoms with Crippen molar-refractivity contribution >= 4 is 39.0 Å². The van der Waals surface area contributed by atoms with Crippen molar-refractivity contribution in [2.45, 2.75) is 0 Å². The van der Waals surface area contributed by atoms with Crippen LogP contribution in [0.3, 0.4) is 0 Å². The van der Waals surface area contributed by atoms with Gasteiger partial charge in [-0.25, -0.2) is 10.4 Å². The number of nitrogens with zero attached hydrogens (tertiary/aromatic N) is 2. The van der Waals surface area contributed by atoms with E-state index in [1.807, 2.05) is 84.9 Å². The molecule has 1 N–H and O–H groups in total. The summed E-state index contributed by atoms with van der Waals surface area (Å²) >= 11 is 3.40. The monoisotopic (exact) mass is 429 g/mol. The van der Waals surface area contributed by atoms with E-state index in [4.69, 9.17) is 4.98 Å². The highest BCUT2D eigenvalue weighted by Gasteiger charge is 2.13. The van der Waals surface area contributed by atoms with Gasteiger partial charge >= 0.3 is 0 Å². The fourth-order valence-electron chi connectivity index (χ4n) is 2.89. The number of benzene rings is 3. The molecule has 0 saturated carbocycles. The molecule has 0 aliphatic carbocycles. The maximum atomic E-state index is 12.8. The van der Waals surface area contributed by atoms with Crippen molar-refractivity contribution in [1.82, 2.24) is 10.4 Å². The van der Waals surface area contributed by atoms with Gasteiger partial charge in [-0.3, -0.25) is 4.79 Å². The number of pyridine rings is 1. The van der Waals surface area contributed by atoms with Gasteiger partial charge in [-0.1, -0.05) is 76.6 Å². The van der Waals surface area contributed by atoms with Crippen LogP contribution in [0.15, 0.2) is 94.5 Å². The molecule has 3 aromatic carbocycles. The van der Waals surface area contributed by atoms with Gasteiger partial charge < -0.3 is 0 Å². The number of hydrazone groups is 1. The molecule has 4 aromatic rings. The van der Waals surface area contributed by atoms with Crippen molar-refractivity contribution in [3.05, 3.63) is 101 Å². The number of nitrogens with one attached hydrogen (secondary N) is 1. The van der Waals surface area contributed by atoms with Crippen LogP contribution in [0, 0.1) is 0 Å². The lowest BCUT2D eigenvalue weighted by Gasteiger charge is -2.09. The minimum Gasteiger partial charge on any atom is -0.267 e. The van der Waals surface area contributed by atoms with Gasteiger partial charge in [0.25, 0.3) is 5.91 Å². The smallest absolute Gasteiger partial charge is 0.267 e. The number of halogens is 1. The first-order chi connectivity index (χ1) is 13.7. The third-order valence-electron chi connectivity index (χ3n) is 4.28. The molecule has 0 aliphatic rings. The van der Waals surface area contributed by atoms with E-state index in [9.17, 15) is 4.79 Å². The number of hydrogen-bond acceptors (Lipinski definition) is 3. The molecule has 1 heterocycles. The minimum atomic E-state index is -0.274. The Morgan fingerprint density at radius 2 is 1.64 bits per heavy atom. The molecule has 5 heteroatoms. The standard InChI is InChI=1S/C23H16BrN3O/c24-18-12-10-16(11-13-18)15-25-27-23(28)20-14-22(17-6-2-1-3-7-17)26-21-9-5-4-8-19(20)21/h1-15H,(H,27,28)/b25-15+. The molecule has 0 spiro atoms. The summed E-state index contributed by atoms with van der Waals surface area (Å²) < 4.78 is 0.991. The maximum absolute atomic E-state index is 12.8. The minimum absolute atomic E-state index is 0.274. The molecule has 136 valence electrons. The summed E-state index contributed by atoms with van der Waals surface area (Å²) in [7, 11) is 0. The second-order valence-electron chi connectivity index (χ2n) is 6.19. The molecule has 0 fully saturated rings. The van der Waals surface area contributed by atoms with Gasteiger partial charge in [-0.15, -0.1) is 0 Å². The summed E-state index contributed by atoms with van der Waals surface area (Å²) in [5.41, 5.74) is 6.54. The van der Waals surface area contributed by atoms with E-state index in [-0.39, 0.29) is 5.91 Å². The highest BCUT2D eigenvalue weighted by molar-refractivity contribution is 9.10. The van der Waals surface area contributed by atoms with Crippen LogP contribution in [0.1, 0.15) is 15.9 Å². The Hall–Kier alpha value is -3.31. The first kappa shape index (κ1) is 18.1. The van der Waals surface area contributed by atoms with Crippen LogP contribution < -0.4 is 5.43 Å². The molecule has 0 saturated heterocycles. The molecule has 0 unspecified atom stereocenters. The fourth-order valence-corrected chi connectivity index (χ4v) is 3.16. The van der Waals surface area contributed by atoms with Crippen molar-refractivity contribution in [3.63, 3.8) is 0 Å². The van der Waals surface area contributed by atoms with Crippen LogP contribution >= 0.6 is 15.9 Å². The van der Waals surface area contributed by atoms with Crippen molar-refractivity contribution in [2.24, 2.45) is 5.10 Å². The Balaban J connectivity index is 1.66. The zero-order chi connectivity index (χ0) is 19.3. The molecule has 4 nitrogen and oxygen atoms in total. The van der Waals surface area contributed by atoms with E-state index in [0.717, 1.165) is 32.2 Å². The van der Waals surface area contributed by atoms with Crippen molar-refractivity contribution in [3.8, 4) is 11.3 Å². The molecule has 0 bridgehead atoms. The summed E-state index contributed by atoms with van der Waals surface area (Å²) in [6, 6.07) is 26.9. The molecular weight excluding hydrogens is 414 g/mol. The predicted octanol–water partition coefficient (Wildman–Crippen LogP) is 5.43. The molecular formula is C23H16BrN3O. The van der Waals surface area contributed by atoms with Gasteiger partial charge in [0.05, 0.1) is 23.0 Å². The highest BCUT2D eigenvalue weighted by Crippen LogP contribution is 2.24. The van der Waals surface area contributed by atoms with Crippen LogP contribution in [0.25, 0.3) is 22.2 Å². The summed E-state index contributed by atoms with van der Waals surface area (Å²) in [6.07, 6.45) is 1.62. The zero-order valence-corrected chi connectivity index (χ0v) is 16.4. The topological polar surface area (TPSA) is 54.4 Å². The zero-order valence-electron chi connectivity index (χ0n) is 14.8. The normalized spacial score (nSPS) is 11.0. The average molecular weight is 430 g/mol. The molecule has 0 radical (unpaired) electrons. The van der Waals surface area contributed by atoms with Crippen LogP contribution in [0.2, 0.25) is 0 Å². The first-order valence-corrected chi connectivity index (χ1v) is 9.54. The average Bonchev–Trinajstić information content (AvgIpc) is 2.75. The molecule has 28 heavy (non-hydrogen) atoms. The Morgan fingerprint density at radius 1 is 0.929 bits per heavy atom. The van der Waals surface area contributed by atoms with Crippen LogP contribution in [-0.4, -0.2) is 17.1 Å². The van der Waals surface area contributed by atoms with Gasteiger partial charge in [-0.05, 0) is 29.8 Å². The van der Waals surface area contributed by atoms with E-state index in [2.05, 4.69) is 26.5 Å². The first-order valence-electron chi connectivity index (χ1n) is 8.75. The van der Waals surface area contributed by atoms with Crippen LogP contribution in [0.4, 0.5) is 0 Å². The number of rotatable bonds is 4. The molecule has 0 aliphatic heterocycles.